The molecule has 0 bridgehead atoms. The van der Waals surface area contributed by atoms with Gasteiger partial charge in [0.2, 0.25) is 0 Å². The lowest BCUT2D eigenvalue weighted by atomic mass is 10.2. The van der Waals surface area contributed by atoms with E-state index in [2.05, 4.69) is 11.8 Å². The van der Waals surface area contributed by atoms with Gasteiger partial charge >= 0.3 is 6.09 Å². The first-order valence-corrected chi connectivity index (χ1v) is 6.36. The molecule has 102 valence electrons. The van der Waals surface area contributed by atoms with Crippen LogP contribution in [0.5, 0.6) is 5.75 Å². The maximum Gasteiger partial charge on any atom is 0.415 e. The topological polar surface area (TPSA) is 49.8 Å². The maximum atomic E-state index is 11.9. The van der Waals surface area contributed by atoms with E-state index in [-0.39, 0.29) is 6.61 Å². The van der Waals surface area contributed by atoms with Crippen molar-refractivity contribution in [2.24, 2.45) is 0 Å². The summed E-state index contributed by atoms with van der Waals surface area (Å²) in [6, 6.07) is 4.95. The minimum absolute atomic E-state index is 0.283. The number of carbonyl (C=O) groups is 1. The van der Waals surface area contributed by atoms with Gasteiger partial charge in [-0.25, -0.2) is 4.79 Å². The summed E-state index contributed by atoms with van der Waals surface area (Å²) in [6.07, 6.45) is -0.445. The van der Waals surface area contributed by atoms with Crippen LogP contribution in [-0.4, -0.2) is 35.8 Å². The normalized spacial score (nSPS) is 9.47. The van der Waals surface area contributed by atoms with Crippen molar-refractivity contribution in [2.45, 2.75) is 13.8 Å². The summed E-state index contributed by atoms with van der Waals surface area (Å²) in [5.74, 6) is 5.47. The Balaban J connectivity index is 3.01. The number of carbonyl (C=O) groups excluding carboxylic acids is 1. The van der Waals surface area contributed by atoms with E-state index in [1.165, 1.54) is 0 Å². The average Bonchev–Trinajstić information content (AvgIpc) is 2.39. The Morgan fingerprint density at radius 1 is 1.42 bits per heavy atom. The van der Waals surface area contributed by atoms with Crippen molar-refractivity contribution in [1.82, 2.24) is 4.90 Å². The van der Waals surface area contributed by atoms with Gasteiger partial charge in [0, 0.05) is 13.1 Å². The van der Waals surface area contributed by atoms with Crippen molar-refractivity contribution in [3.63, 3.8) is 0 Å². The fourth-order valence-electron chi connectivity index (χ4n) is 1.48. The Labute approximate surface area is 117 Å². The molecule has 0 saturated heterocycles. The molecule has 0 aromatic heterocycles. The maximum absolute atomic E-state index is 11.9. The lowest BCUT2D eigenvalue weighted by Gasteiger charge is -2.18. The second-order valence-corrected chi connectivity index (χ2v) is 4.02. The molecule has 0 atom stereocenters. The van der Waals surface area contributed by atoms with Crippen molar-refractivity contribution in [3.8, 4) is 17.6 Å². The molecule has 0 aliphatic rings. The first kappa shape index (κ1) is 15.4. The second-order valence-electron chi connectivity index (χ2n) is 3.61. The van der Waals surface area contributed by atoms with Crippen LogP contribution >= 0.6 is 11.6 Å². The molecule has 4 nitrogen and oxygen atoms in total. The smallest absolute Gasteiger partial charge is 0.409 e. The van der Waals surface area contributed by atoms with Crippen LogP contribution in [0.3, 0.4) is 0 Å². The van der Waals surface area contributed by atoms with Crippen LogP contribution in [0.1, 0.15) is 19.4 Å². The Morgan fingerprint density at radius 2 is 2.11 bits per heavy atom. The van der Waals surface area contributed by atoms with Gasteiger partial charge in [-0.15, -0.1) is 0 Å². The van der Waals surface area contributed by atoms with E-state index in [1.54, 1.807) is 23.1 Å². The molecule has 0 saturated carbocycles. The van der Waals surface area contributed by atoms with Gasteiger partial charge in [-0.3, -0.25) is 0 Å². The van der Waals surface area contributed by atoms with E-state index in [4.69, 9.17) is 21.4 Å². The molecule has 0 fully saturated rings. The van der Waals surface area contributed by atoms with Crippen molar-refractivity contribution < 1.29 is 14.6 Å². The molecule has 0 aliphatic heterocycles. The zero-order valence-electron chi connectivity index (χ0n) is 10.9. The Kier molecular flexibility index (Phi) is 6.20. The average molecular weight is 282 g/mol. The van der Waals surface area contributed by atoms with Gasteiger partial charge in [0.15, 0.2) is 0 Å². The zero-order chi connectivity index (χ0) is 14.3. The number of amides is 1. The minimum atomic E-state index is -0.445. The highest BCUT2D eigenvalue weighted by Gasteiger charge is 2.15. The third-order valence-corrected chi connectivity index (χ3v) is 2.80. The first-order valence-electron chi connectivity index (χ1n) is 5.99. The number of benzene rings is 1. The van der Waals surface area contributed by atoms with Crippen LogP contribution in [-0.2, 0) is 0 Å². The molecule has 1 aromatic carbocycles. The summed E-state index contributed by atoms with van der Waals surface area (Å²) < 4.78 is 5.29. The van der Waals surface area contributed by atoms with Crippen molar-refractivity contribution >= 4 is 17.7 Å². The Morgan fingerprint density at radius 3 is 2.68 bits per heavy atom. The zero-order valence-corrected chi connectivity index (χ0v) is 11.7. The highest BCUT2D eigenvalue weighted by Crippen LogP contribution is 2.25. The summed E-state index contributed by atoms with van der Waals surface area (Å²) >= 11 is 6.01. The van der Waals surface area contributed by atoms with Crippen LogP contribution in [0.2, 0.25) is 5.02 Å². The van der Waals surface area contributed by atoms with Crippen molar-refractivity contribution in [2.75, 3.05) is 19.7 Å². The van der Waals surface area contributed by atoms with Crippen molar-refractivity contribution in [1.29, 1.82) is 0 Å². The fraction of sp³-hybridized carbons (Fsp3) is 0.357. The van der Waals surface area contributed by atoms with Crippen LogP contribution in [0.4, 0.5) is 4.79 Å². The van der Waals surface area contributed by atoms with E-state index in [1.807, 2.05) is 13.8 Å². The van der Waals surface area contributed by atoms with E-state index >= 15 is 0 Å². The molecule has 0 radical (unpaired) electrons. The molecule has 0 heterocycles. The summed E-state index contributed by atoms with van der Waals surface area (Å²) in [5, 5.41) is 9.10. The SMILES string of the molecule is CCN(CC)C(=O)Oc1cccc(Cl)c1C#CCO. The molecule has 19 heavy (non-hydrogen) atoms. The third-order valence-electron chi connectivity index (χ3n) is 2.49. The summed E-state index contributed by atoms with van der Waals surface area (Å²) in [5.41, 5.74) is 0.402. The van der Waals surface area contributed by atoms with E-state index in [0.29, 0.717) is 29.4 Å². The number of rotatable bonds is 3. The molecule has 5 heteroatoms. The molecule has 1 rings (SSSR count). The molecule has 1 aromatic rings. The molecule has 0 aliphatic carbocycles. The molecule has 1 amide bonds. The lowest BCUT2D eigenvalue weighted by Crippen LogP contribution is -2.33. The second kappa shape index (κ2) is 7.67. The van der Waals surface area contributed by atoms with Crippen LogP contribution in [0.15, 0.2) is 18.2 Å². The Hall–Kier alpha value is -1.70. The van der Waals surface area contributed by atoms with Crippen LogP contribution in [0.25, 0.3) is 0 Å². The number of aliphatic hydroxyl groups is 1. The quantitative estimate of drug-likeness (QED) is 0.866. The van der Waals surface area contributed by atoms with Crippen molar-refractivity contribution in [3.05, 3.63) is 28.8 Å². The van der Waals surface area contributed by atoms with Gasteiger partial charge in [0.25, 0.3) is 0 Å². The predicted octanol–water partition coefficient (Wildman–Crippen LogP) is 2.52. The summed E-state index contributed by atoms with van der Waals surface area (Å²) in [4.78, 5) is 13.4. The minimum Gasteiger partial charge on any atom is -0.409 e. The highest BCUT2D eigenvalue weighted by molar-refractivity contribution is 6.32. The predicted molar refractivity (Wildman–Crippen MR) is 74.4 cm³/mol. The molecular formula is C14H16ClNO3. The molecular weight excluding hydrogens is 266 g/mol. The fourth-order valence-corrected chi connectivity index (χ4v) is 1.69. The molecule has 1 N–H and O–H groups in total. The molecule has 0 unspecified atom stereocenters. The number of hydrogen-bond donors (Lipinski definition) is 1. The highest BCUT2D eigenvalue weighted by atomic mass is 35.5. The van der Waals surface area contributed by atoms with Crippen LogP contribution < -0.4 is 4.74 Å². The molecule has 0 spiro atoms. The lowest BCUT2D eigenvalue weighted by molar-refractivity contribution is 0.157. The van der Waals surface area contributed by atoms with E-state index < -0.39 is 6.09 Å². The monoisotopic (exact) mass is 281 g/mol. The van der Waals surface area contributed by atoms with Gasteiger partial charge in [0.1, 0.15) is 12.4 Å². The third kappa shape index (κ3) is 4.16. The Bertz CT molecular complexity index is 501. The largest absolute Gasteiger partial charge is 0.415 e. The first-order chi connectivity index (χ1) is 9.13. The van der Waals surface area contributed by atoms with Gasteiger partial charge in [-0.2, -0.15) is 0 Å². The van der Waals surface area contributed by atoms with E-state index in [9.17, 15) is 4.79 Å². The number of halogens is 1. The van der Waals surface area contributed by atoms with Gasteiger partial charge in [0.05, 0.1) is 10.6 Å². The van der Waals surface area contributed by atoms with Gasteiger partial charge in [-0.1, -0.05) is 29.5 Å². The summed E-state index contributed by atoms with van der Waals surface area (Å²) in [6.45, 7) is 4.58. The number of ether oxygens (including phenoxy) is 1. The van der Waals surface area contributed by atoms with Gasteiger partial charge in [-0.05, 0) is 26.0 Å². The van der Waals surface area contributed by atoms with E-state index in [0.717, 1.165) is 0 Å². The number of aliphatic hydroxyl groups excluding tert-OH is 1. The van der Waals surface area contributed by atoms with Crippen LogP contribution in [0, 0.1) is 11.8 Å². The number of nitrogens with zero attached hydrogens (tertiary/aromatic N) is 1. The number of hydrogen-bond acceptors (Lipinski definition) is 3. The standard InChI is InChI=1S/C14H16ClNO3/c1-3-16(4-2)14(18)19-13-9-5-8-12(15)11(13)7-6-10-17/h5,8-9,17H,3-4,10H2,1-2H3. The summed E-state index contributed by atoms with van der Waals surface area (Å²) in [7, 11) is 0. The van der Waals surface area contributed by atoms with Gasteiger partial charge < -0.3 is 14.7 Å².